The lowest BCUT2D eigenvalue weighted by Crippen LogP contribution is -2.47. The molecule has 0 aromatic rings. The number of hydrogen-bond donors (Lipinski definition) is 2. The van der Waals surface area contributed by atoms with Gasteiger partial charge in [-0.15, -0.1) is 0 Å². The molecule has 2 rings (SSSR count). The minimum Gasteiger partial charge on any atom is -0.392 e. The van der Waals surface area contributed by atoms with E-state index in [4.69, 9.17) is 0 Å². The molecule has 4 nitrogen and oxygen atoms in total. The topological polar surface area (TPSA) is 52.6 Å². The molecule has 1 heterocycles. The van der Waals surface area contributed by atoms with E-state index >= 15 is 0 Å². The molecule has 1 saturated carbocycles. The number of rotatable bonds is 9. The fourth-order valence-electron chi connectivity index (χ4n) is 3.66. The van der Waals surface area contributed by atoms with Crippen molar-refractivity contribution in [2.45, 2.75) is 83.7 Å². The Hall–Kier alpha value is -0.770. The maximum atomic E-state index is 12.2. The third kappa shape index (κ3) is 5.15. The van der Waals surface area contributed by atoms with E-state index in [0.29, 0.717) is 0 Å². The van der Waals surface area contributed by atoms with Crippen molar-refractivity contribution in [1.82, 2.24) is 10.2 Å². The minimum absolute atomic E-state index is 0.0497. The van der Waals surface area contributed by atoms with Crippen molar-refractivity contribution in [3.05, 3.63) is 0 Å². The Balaban J connectivity index is 1.48. The Morgan fingerprint density at radius 1 is 1.18 bits per heavy atom. The zero-order valence-corrected chi connectivity index (χ0v) is 14.3. The van der Waals surface area contributed by atoms with E-state index < -0.39 is 0 Å². The molecule has 0 aromatic heterocycles. The van der Waals surface area contributed by atoms with Gasteiger partial charge in [0, 0.05) is 25.0 Å². The number of amides is 2. The van der Waals surface area contributed by atoms with E-state index in [1.165, 1.54) is 44.9 Å². The molecule has 1 spiro atoms. The smallest absolute Gasteiger partial charge is 0.317 e. The molecule has 2 N–H and O–H groups in total. The second-order valence-corrected chi connectivity index (χ2v) is 7.31. The van der Waals surface area contributed by atoms with Gasteiger partial charge < -0.3 is 15.3 Å². The van der Waals surface area contributed by atoms with Crippen LogP contribution in [-0.4, -0.2) is 41.8 Å². The standard InChI is InChI=1S/C18H34N2O2/c1-2-3-4-5-6-7-8-9-12-19-17(22)20-13-10-11-18(15-20)14-16(18)21/h16,21H,2-15H2,1H3,(H,19,22). The van der Waals surface area contributed by atoms with E-state index in [1.54, 1.807) is 0 Å². The van der Waals surface area contributed by atoms with Crippen LogP contribution >= 0.6 is 0 Å². The summed E-state index contributed by atoms with van der Waals surface area (Å²) in [7, 11) is 0. The lowest BCUT2D eigenvalue weighted by molar-refractivity contribution is 0.126. The average Bonchev–Trinajstić information content (AvgIpc) is 3.13. The second kappa shape index (κ2) is 8.76. The van der Waals surface area contributed by atoms with Crippen molar-refractivity contribution in [3.63, 3.8) is 0 Å². The van der Waals surface area contributed by atoms with E-state index in [2.05, 4.69) is 12.2 Å². The quantitative estimate of drug-likeness (QED) is 0.638. The molecule has 2 aliphatic rings. The summed E-state index contributed by atoms with van der Waals surface area (Å²) in [5.41, 5.74) is 0.0497. The molecule has 1 saturated heterocycles. The molecule has 4 heteroatoms. The molecule has 2 amide bonds. The van der Waals surface area contributed by atoms with Crippen molar-refractivity contribution in [1.29, 1.82) is 0 Å². The maximum Gasteiger partial charge on any atom is 0.317 e. The zero-order chi connectivity index (χ0) is 15.8. The summed E-state index contributed by atoms with van der Waals surface area (Å²) < 4.78 is 0. The first-order chi connectivity index (χ1) is 10.7. The van der Waals surface area contributed by atoms with Crippen LogP contribution in [0.2, 0.25) is 0 Å². The van der Waals surface area contributed by atoms with Crippen molar-refractivity contribution in [2.24, 2.45) is 5.41 Å². The Morgan fingerprint density at radius 2 is 1.82 bits per heavy atom. The summed E-state index contributed by atoms with van der Waals surface area (Å²) >= 11 is 0. The van der Waals surface area contributed by atoms with Crippen LogP contribution in [0.3, 0.4) is 0 Å². The summed E-state index contributed by atoms with van der Waals surface area (Å²) in [5.74, 6) is 0. The maximum absolute atomic E-state index is 12.2. The number of urea groups is 1. The molecular formula is C18H34N2O2. The molecule has 1 aliphatic carbocycles. The predicted molar refractivity (Wildman–Crippen MR) is 89.9 cm³/mol. The minimum atomic E-state index is -0.171. The zero-order valence-electron chi connectivity index (χ0n) is 14.3. The first-order valence-electron chi connectivity index (χ1n) is 9.39. The molecule has 0 radical (unpaired) electrons. The normalized spacial score (nSPS) is 27.2. The fraction of sp³-hybridized carbons (Fsp3) is 0.944. The Morgan fingerprint density at radius 3 is 2.45 bits per heavy atom. The van der Waals surface area contributed by atoms with Gasteiger partial charge in [-0.05, 0) is 25.7 Å². The lowest BCUT2D eigenvalue weighted by Gasteiger charge is -2.33. The van der Waals surface area contributed by atoms with Crippen LogP contribution < -0.4 is 5.32 Å². The van der Waals surface area contributed by atoms with Crippen LogP contribution in [-0.2, 0) is 0 Å². The number of carbonyl (C=O) groups excluding carboxylic acids is 1. The number of aliphatic hydroxyl groups excluding tert-OH is 1. The van der Waals surface area contributed by atoms with Crippen LogP contribution in [0.1, 0.15) is 77.6 Å². The molecular weight excluding hydrogens is 276 g/mol. The van der Waals surface area contributed by atoms with Gasteiger partial charge in [0.15, 0.2) is 0 Å². The third-order valence-electron chi connectivity index (χ3n) is 5.35. The van der Waals surface area contributed by atoms with Gasteiger partial charge in [0.2, 0.25) is 0 Å². The SMILES string of the molecule is CCCCCCCCCCNC(=O)N1CCCC2(CC2O)C1. The van der Waals surface area contributed by atoms with E-state index in [9.17, 15) is 9.90 Å². The van der Waals surface area contributed by atoms with E-state index in [1.807, 2.05) is 4.90 Å². The second-order valence-electron chi connectivity index (χ2n) is 7.31. The highest BCUT2D eigenvalue weighted by Gasteiger charge is 2.55. The van der Waals surface area contributed by atoms with E-state index in [0.717, 1.165) is 45.3 Å². The molecule has 0 bridgehead atoms. The Kier molecular flexibility index (Phi) is 7.00. The largest absolute Gasteiger partial charge is 0.392 e. The van der Waals surface area contributed by atoms with Gasteiger partial charge in [-0.1, -0.05) is 51.9 Å². The van der Waals surface area contributed by atoms with Crippen molar-refractivity contribution in [3.8, 4) is 0 Å². The number of piperidine rings is 1. The van der Waals surface area contributed by atoms with Crippen LogP contribution in [0, 0.1) is 5.41 Å². The molecule has 2 atom stereocenters. The molecule has 2 fully saturated rings. The highest BCUT2D eigenvalue weighted by molar-refractivity contribution is 5.74. The number of likely N-dealkylation sites (tertiary alicyclic amines) is 1. The number of nitrogens with zero attached hydrogens (tertiary/aromatic N) is 1. The van der Waals surface area contributed by atoms with Gasteiger partial charge in [-0.25, -0.2) is 4.79 Å². The molecule has 0 aromatic carbocycles. The Bertz CT molecular complexity index is 348. The van der Waals surface area contributed by atoms with Crippen LogP contribution in [0.15, 0.2) is 0 Å². The molecule has 1 aliphatic heterocycles. The summed E-state index contributed by atoms with van der Waals surface area (Å²) in [6.07, 6.45) is 13.1. The predicted octanol–water partition coefficient (Wildman–Crippen LogP) is 3.68. The van der Waals surface area contributed by atoms with Crippen LogP contribution in [0.4, 0.5) is 4.79 Å². The summed E-state index contributed by atoms with van der Waals surface area (Å²) in [5, 5.41) is 12.8. The summed E-state index contributed by atoms with van der Waals surface area (Å²) in [6, 6.07) is 0.0705. The van der Waals surface area contributed by atoms with Gasteiger partial charge in [0.05, 0.1) is 6.10 Å². The third-order valence-corrected chi connectivity index (χ3v) is 5.35. The monoisotopic (exact) mass is 310 g/mol. The highest BCUT2D eigenvalue weighted by Crippen LogP contribution is 2.52. The van der Waals surface area contributed by atoms with Gasteiger partial charge in [-0.3, -0.25) is 0 Å². The number of aliphatic hydroxyl groups is 1. The van der Waals surface area contributed by atoms with Crippen LogP contribution in [0.5, 0.6) is 0 Å². The van der Waals surface area contributed by atoms with Crippen molar-refractivity contribution >= 4 is 6.03 Å². The van der Waals surface area contributed by atoms with Crippen molar-refractivity contribution < 1.29 is 9.90 Å². The molecule has 2 unspecified atom stereocenters. The number of carbonyl (C=O) groups is 1. The number of hydrogen-bond acceptors (Lipinski definition) is 2. The first kappa shape index (κ1) is 17.6. The first-order valence-corrected chi connectivity index (χ1v) is 9.39. The van der Waals surface area contributed by atoms with Gasteiger partial charge >= 0.3 is 6.03 Å². The molecule has 128 valence electrons. The fourth-order valence-corrected chi connectivity index (χ4v) is 3.66. The summed E-state index contributed by atoms with van der Waals surface area (Å²) in [6.45, 7) is 4.63. The van der Waals surface area contributed by atoms with Gasteiger partial charge in [0.25, 0.3) is 0 Å². The molecule has 22 heavy (non-hydrogen) atoms. The number of unbranched alkanes of at least 4 members (excludes halogenated alkanes) is 7. The van der Waals surface area contributed by atoms with E-state index in [-0.39, 0.29) is 17.6 Å². The Labute approximate surface area is 135 Å². The summed E-state index contributed by atoms with van der Waals surface area (Å²) in [4.78, 5) is 14.1. The van der Waals surface area contributed by atoms with Gasteiger partial charge in [0.1, 0.15) is 0 Å². The average molecular weight is 310 g/mol. The highest BCUT2D eigenvalue weighted by atomic mass is 16.3. The van der Waals surface area contributed by atoms with Gasteiger partial charge in [-0.2, -0.15) is 0 Å². The van der Waals surface area contributed by atoms with Crippen molar-refractivity contribution in [2.75, 3.05) is 19.6 Å². The number of nitrogens with one attached hydrogen (secondary N) is 1. The lowest BCUT2D eigenvalue weighted by atomic mass is 9.95. The van der Waals surface area contributed by atoms with Crippen LogP contribution in [0.25, 0.3) is 0 Å².